The Balaban J connectivity index is 1.18. The van der Waals surface area contributed by atoms with Gasteiger partial charge in [-0.1, -0.05) is 57.2 Å². The van der Waals surface area contributed by atoms with Crippen molar-refractivity contribution >= 4 is 5.78 Å². The number of carbonyl (C=O) groups is 1. The van der Waals surface area contributed by atoms with Crippen molar-refractivity contribution in [3.8, 4) is 0 Å². The lowest BCUT2D eigenvalue weighted by molar-refractivity contribution is -0.166. The number of fused-ring (bicyclic) bond motifs is 5. The number of dihydropyridines is 1. The van der Waals surface area contributed by atoms with E-state index in [9.17, 15) is 30.3 Å². The molecule has 8 N–H and O–H groups in total. The summed E-state index contributed by atoms with van der Waals surface area (Å²) in [6.07, 6.45) is 10.1. The molecule has 9 nitrogen and oxygen atoms in total. The van der Waals surface area contributed by atoms with Crippen molar-refractivity contribution in [2.75, 3.05) is 13.2 Å². The molecule has 13 atom stereocenters. The van der Waals surface area contributed by atoms with Crippen LogP contribution in [0.1, 0.15) is 98.0 Å². The van der Waals surface area contributed by atoms with E-state index < -0.39 is 45.9 Å². The lowest BCUT2D eigenvalue weighted by atomic mass is 9.43. The van der Waals surface area contributed by atoms with E-state index in [0.717, 1.165) is 30.4 Å². The molecule has 1 aromatic rings. The molecule has 9 heteroatoms. The Labute approximate surface area is 309 Å². The first-order valence-electron chi connectivity index (χ1n) is 19.7. The van der Waals surface area contributed by atoms with Crippen molar-refractivity contribution in [3.05, 3.63) is 71.1 Å². The van der Waals surface area contributed by atoms with E-state index in [2.05, 4.69) is 49.5 Å². The van der Waals surface area contributed by atoms with E-state index in [1.54, 1.807) is 19.9 Å². The quantitative estimate of drug-likeness (QED) is 0.164. The van der Waals surface area contributed by atoms with Crippen LogP contribution in [0.3, 0.4) is 0 Å². The van der Waals surface area contributed by atoms with Crippen molar-refractivity contribution < 1.29 is 35.1 Å². The monoisotopic (exact) mass is 718 g/mol. The summed E-state index contributed by atoms with van der Waals surface area (Å²) in [4.78, 5) is 14.0. The van der Waals surface area contributed by atoms with Gasteiger partial charge in [-0.05, 0) is 130 Å². The first-order valence-corrected chi connectivity index (χ1v) is 19.7. The smallest absolute Gasteiger partial charge is 0.159 e. The molecular weight excluding hydrogens is 656 g/mol. The van der Waals surface area contributed by atoms with E-state index in [4.69, 9.17) is 10.5 Å². The average molecular weight is 719 g/mol. The van der Waals surface area contributed by atoms with Gasteiger partial charge in [0.2, 0.25) is 0 Å². The molecule has 1 saturated heterocycles. The molecule has 3 saturated carbocycles. The topological polar surface area (TPSA) is 169 Å². The summed E-state index contributed by atoms with van der Waals surface area (Å²) < 4.78 is 6.28. The summed E-state index contributed by atoms with van der Waals surface area (Å²) in [5.41, 5.74) is 2.88. The van der Waals surface area contributed by atoms with Gasteiger partial charge in [-0.15, -0.1) is 0 Å². The summed E-state index contributed by atoms with van der Waals surface area (Å²) in [6.45, 7) is 10.1. The van der Waals surface area contributed by atoms with Crippen LogP contribution in [0.25, 0.3) is 0 Å². The van der Waals surface area contributed by atoms with Crippen LogP contribution in [0, 0.1) is 39.9 Å². The molecule has 0 spiro atoms. The highest BCUT2D eigenvalue weighted by Gasteiger charge is 2.74. The van der Waals surface area contributed by atoms with Crippen LogP contribution in [0.4, 0.5) is 0 Å². The van der Waals surface area contributed by atoms with E-state index in [-0.39, 0.29) is 41.5 Å². The van der Waals surface area contributed by atoms with Crippen molar-refractivity contribution in [3.63, 3.8) is 0 Å². The van der Waals surface area contributed by atoms with Gasteiger partial charge >= 0.3 is 0 Å². The van der Waals surface area contributed by atoms with Gasteiger partial charge in [0, 0.05) is 23.3 Å². The van der Waals surface area contributed by atoms with Crippen molar-refractivity contribution in [2.45, 2.75) is 134 Å². The fourth-order valence-electron chi connectivity index (χ4n) is 12.1. The SMILES string of the molecule is C[C@@](O)([C@H]1CC[C@@]2(O)C3=CC(=O)[C@@H]4C[C@@H](O)CC[C@]4(C)[C@H]3[C@H](CCc3ccccc3)C[C@]12C)[C@H]1O[C@@H]1[C@](C)(O)[C@](C)(CO)CCC1=CCNC(N)=C1. The number of allylic oxidation sites excluding steroid dienone is 3. The molecule has 286 valence electrons. The minimum absolute atomic E-state index is 0.00514. The zero-order valence-electron chi connectivity index (χ0n) is 31.8. The molecule has 1 aromatic carbocycles. The number of nitrogens with one attached hydrogen (secondary N) is 1. The van der Waals surface area contributed by atoms with Gasteiger partial charge in [-0.2, -0.15) is 0 Å². The van der Waals surface area contributed by atoms with Gasteiger partial charge in [-0.25, -0.2) is 0 Å². The highest BCUT2D eigenvalue weighted by molar-refractivity contribution is 5.95. The summed E-state index contributed by atoms with van der Waals surface area (Å²) in [7, 11) is 0. The fraction of sp³-hybridized carbons (Fsp3) is 0.698. The Bertz CT molecular complexity index is 1640. The molecule has 0 bridgehead atoms. The lowest BCUT2D eigenvalue weighted by Crippen LogP contribution is -2.64. The standard InChI is InChI=1S/C43H62N2O7/c1-38(25-46,17-13-27-16-20-45-34(44)21-27)42(5,50)37-36(52-37)41(4,49)33-15-19-43(51)31-23-32(48)30-22-29(47)14-18-39(30,2)35(31)28(24-40(33,43)3)12-11-26-9-7-6-8-10-26/h6-10,16,21,23,28-30,33,35-37,45-47,49-51H,11-15,17-20,22,24-25,44H2,1-5H3/t28-,29+,30+,33+,35+,36+,37+,38+,39+,40-,41-,42+,43-/m1/s1. The number of ketones is 1. The molecule has 7 rings (SSSR count). The summed E-state index contributed by atoms with van der Waals surface area (Å²) in [5.74, 6) is 0.0837. The second-order valence-corrected chi connectivity index (χ2v) is 18.7. The maximum Gasteiger partial charge on any atom is 0.159 e. The van der Waals surface area contributed by atoms with Crippen molar-refractivity contribution in [1.29, 1.82) is 0 Å². The number of epoxide rings is 1. The normalized spacial score (nSPS) is 41.8. The Kier molecular flexibility index (Phi) is 9.48. The minimum atomic E-state index is -1.46. The maximum atomic E-state index is 14.0. The van der Waals surface area contributed by atoms with Crippen LogP contribution in [0.2, 0.25) is 0 Å². The Hall–Kier alpha value is -2.53. The third-order valence-electron chi connectivity index (χ3n) is 15.7. The molecule has 6 aliphatic rings. The minimum Gasteiger partial charge on any atom is -0.396 e. The predicted molar refractivity (Wildman–Crippen MR) is 199 cm³/mol. The number of hydrogen-bond donors (Lipinski definition) is 7. The van der Waals surface area contributed by atoms with Crippen molar-refractivity contribution in [2.24, 2.45) is 45.7 Å². The zero-order valence-corrected chi connectivity index (χ0v) is 31.8. The Morgan fingerprint density at radius 1 is 1.02 bits per heavy atom. The van der Waals surface area contributed by atoms with Crippen LogP contribution in [0.15, 0.2) is 65.5 Å². The molecule has 0 radical (unpaired) electrons. The first kappa shape index (κ1) is 37.8. The molecule has 2 heterocycles. The third-order valence-corrected chi connectivity index (χ3v) is 15.7. The van der Waals surface area contributed by atoms with Crippen LogP contribution in [-0.2, 0) is 16.0 Å². The van der Waals surface area contributed by atoms with Crippen molar-refractivity contribution in [1.82, 2.24) is 5.32 Å². The number of nitrogens with two attached hydrogens (primary N) is 1. The van der Waals surface area contributed by atoms with Gasteiger partial charge in [0.25, 0.3) is 0 Å². The molecule has 0 unspecified atom stereocenters. The molecule has 4 fully saturated rings. The summed E-state index contributed by atoms with van der Waals surface area (Å²) in [6, 6.07) is 10.4. The molecule has 0 aromatic heterocycles. The highest BCUT2D eigenvalue weighted by Crippen LogP contribution is 2.71. The largest absolute Gasteiger partial charge is 0.396 e. The number of aliphatic hydroxyl groups excluding tert-OH is 2. The third kappa shape index (κ3) is 5.84. The van der Waals surface area contributed by atoms with Gasteiger partial charge in [0.15, 0.2) is 5.78 Å². The number of aryl methyl sites for hydroxylation is 1. The summed E-state index contributed by atoms with van der Waals surface area (Å²) in [5, 5.41) is 62.3. The predicted octanol–water partition coefficient (Wildman–Crippen LogP) is 4.46. The van der Waals surface area contributed by atoms with Crippen LogP contribution < -0.4 is 11.1 Å². The van der Waals surface area contributed by atoms with E-state index in [1.165, 1.54) is 5.56 Å². The maximum absolute atomic E-state index is 14.0. The molecular formula is C43H62N2O7. The van der Waals surface area contributed by atoms with E-state index in [1.807, 2.05) is 19.1 Å². The van der Waals surface area contributed by atoms with E-state index >= 15 is 0 Å². The number of ether oxygens (including phenoxy) is 1. The lowest BCUT2D eigenvalue weighted by Gasteiger charge is -2.63. The van der Waals surface area contributed by atoms with Gasteiger partial charge < -0.3 is 41.3 Å². The Morgan fingerprint density at radius 2 is 1.75 bits per heavy atom. The number of rotatable bonds is 11. The second-order valence-electron chi connectivity index (χ2n) is 18.7. The zero-order chi connectivity index (χ0) is 37.5. The molecule has 4 aliphatic carbocycles. The first-order chi connectivity index (χ1) is 24.4. The van der Waals surface area contributed by atoms with Gasteiger partial charge in [-0.3, -0.25) is 4.79 Å². The highest BCUT2D eigenvalue weighted by atomic mass is 16.6. The molecule has 52 heavy (non-hydrogen) atoms. The summed E-state index contributed by atoms with van der Waals surface area (Å²) >= 11 is 0. The second kappa shape index (κ2) is 13.1. The number of benzene rings is 1. The van der Waals surface area contributed by atoms with Crippen LogP contribution in [0.5, 0.6) is 0 Å². The fourth-order valence-corrected chi connectivity index (χ4v) is 12.1. The average Bonchev–Trinajstić information content (AvgIpc) is 3.88. The number of hydrogen-bond acceptors (Lipinski definition) is 9. The number of carbonyl (C=O) groups excluding carboxylic acids is 1. The van der Waals surface area contributed by atoms with Gasteiger partial charge in [0.1, 0.15) is 12.2 Å². The van der Waals surface area contributed by atoms with Crippen LogP contribution >= 0.6 is 0 Å². The Morgan fingerprint density at radius 3 is 2.44 bits per heavy atom. The molecule has 0 amide bonds. The molecule has 2 aliphatic heterocycles. The van der Waals surface area contributed by atoms with Crippen LogP contribution in [-0.4, -0.2) is 79.6 Å². The van der Waals surface area contributed by atoms with Gasteiger partial charge in [0.05, 0.1) is 35.3 Å². The number of aliphatic hydroxyl groups is 5. The van der Waals surface area contributed by atoms with E-state index in [0.29, 0.717) is 57.3 Å².